The molecular formula is C26H31N4O5+. The van der Waals surface area contributed by atoms with Crippen molar-refractivity contribution >= 4 is 17.3 Å². The molecule has 2 saturated heterocycles. The average Bonchev–Trinajstić information content (AvgIpc) is 3.35. The zero-order chi connectivity index (χ0) is 24.4. The highest BCUT2D eigenvalue weighted by atomic mass is 16.7. The van der Waals surface area contributed by atoms with Gasteiger partial charge in [0.2, 0.25) is 11.6 Å². The second-order valence-electron chi connectivity index (χ2n) is 9.14. The molecule has 184 valence electrons. The number of anilines is 1. The number of ketones is 2. The molecule has 5 N–H and O–H groups in total. The molecule has 2 heterocycles. The Morgan fingerprint density at radius 3 is 2.23 bits per heavy atom. The molecule has 3 aliphatic rings. The van der Waals surface area contributed by atoms with Gasteiger partial charge < -0.3 is 20.1 Å². The molecule has 2 aliphatic heterocycles. The summed E-state index contributed by atoms with van der Waals surface area (Å²) in [6.07, 6.45) is 3.15. The van der Waals surface area contributed by atoms with E-state index in [2.05, 4.69) is 29.2 Å². The Bertz CT molecular complexity index is 1130. The topological polar surface area (TPSA) is 122 Å². The number of carbonyl (C=O) groups excluding carboxylic acids is 2. The fourth-order valence-electron chi connectivity index (χ4n) is 5.11. The van der Waals surface area contributed by atoms with Gasteiger partial charge in [-0.1, -0.05) is 36.4 Å². The van der Waals surface area contributed by atoms with E-state index in [9.17, 15) is 14.8 Å². The molecule has 0 bridgehead atoms. The molecule has 2 aromatic rings. The first-order chi connectivity index (χ1) is 17.0. The molecule has 35 heavy (non-hydrogen) atoms. The summed E-state index contributed by atoms with van der Waals surface area (Å²) in [5, 5.41) is 11.2. The van der Waals surface area contributed by atoms with Gasteiger partial charge in [-0.05, 0) is 30.5 Å². The van der Waals surface area contributed by atoms with Crippen molar-refractivity contribution in [1.82, 2.24) is 5.01 Å². The number of carbonyl (C=O) groups is 2. The zero-order valence-electron chi connectivity index (χ0n) is 19.6. The Balaban J connectivity index is 1.18. The number of benzene rings is 2. The number of fused-ring (bicyclic) bond motifs is 1. The highest BCUT2D eigenvalue weighted by Gasteiger charge is 2.40. The predicted molar refractivity (Wildman–Crippen MR) is 128 cm³/mol. The lowest BCUT2D eigenvalue weighted by atomic mass is 9.90. The van der Waals surface area contributed by atoms with Gasteiger partial charge in [-0.25, -0.2) is 0 Å². The third-order valence-electron chi connectivity index (χ3n) is 7.06. The molecule has 0 saturated carbocycles. The second-order valence-corrected chi connectivity index (χ2v) is 9.14. The van der Waals surface area contributed by atoms with Gasteiger partial charge in [0.25, 0.3) is 0 Å². The molecule has 2 fully saturated rings. The Hall–Kier alpha value is -3.24. The van der Waals surface area contributed by atoms with Crippen LogP contribution in [0.1, 0.15) is 45.5 Å². The van der Waals surface area contributed by atoms with Crippen molar-refractivity contribution in [2.75, 3.05) is 37.7 Å². The molecule has 2 aromatic carbocycles. The third kappa shape index (κ3) is 4.55. The van der Waals surface area contributed by atoms with Crippen molar-refractivity contribution in [2.45, 2.75) is 31.5 Å². The first-order valence-corrected chi connectivity index (χ1v) is 12.1. The summed E-state index contributed by atoms with van der Waals surface area (Å²) in [6, 6.07) is 15.1. The third-order valence-corrected chi connectivity index (χ3v) is 7.06. The smallest absolute Gasteiger partial charge is 0.217 e. The molecule has 0 unspecified atom stereocenters. The minimum absolute atomic E-state index is 0.0321. The maximum absolute atomic E-state index is 13.0. The number of hydrogen-bond acceptors (Lipinski definition) is 8. The van der Waals surface area contributed by atoms with Gasteiger partial charge in [-0.2, -0.15) is 10.2 Å². The first kappa shape index (κ1) is 23.5. The minimum atomic E-state index is -0.396. The lowest BCUT2D eigenvalue weighted by Gasteiger charge is -2.38. The molecule has 0 aromatic heterocycles. The molecule has 9 nitrogen and oxygen atoms in total. The highest BCUT2D eigenvalue weighted by molar-refractivity contribution is 6.26. The van der Waals surface area contributed by atoms with Crippen LogP contribution in [0.5, 0.6) is 0 Å². The van der Waals surface area contributed by atoms with Crippen LogP contribution in [0.15, 0.2) is 59.9 Å². The minimum Gasteiger partial charge on any atom is -0.394 e. The number of aryl methyl sites for hydroxylation is 1. The Labute approximate surface area is 204 Å². The van der Waals surface area contributed by atoms with Gasteiger partial charge in [0.1, 0.15) is 5.70 Å². The van der Waals surface area contributed by atoms with Crippen molar-refractivity contribution in [3.63, 3.8) is 0 Å². The summed E-state index contributed by atoms with van der Waals surface area (Å²) in [6.45, 7) is 3.51. The largest absolute Gasteiger partial charge is 0.394 e. The molecule has 5 rings (SSSR count). The van der Waals surface area contributed by atoms with E-state index in [4.69, 9.17) is 15.2 Å². The van der Waals surface area contributed by atoms with Crippen LogP contribution in [0.3, 0.4) is 0 Å². The maximum atomic E-state index is 13.0. The van der Waals surface area contributed by atoms with Gasteiger partial charge >= 0.3 is 0 Å². The molecule has 1 spiro atoms. The lowest BCUT2D eigenvalue weighted by molar-refractivity contribution is -0.987. The number of nitrogens with zero attached hydrogens (tertiary/aromatic N) is 2. The number of Topliss-reactive ketones (excluding diaryl/α,β-unsaturated/α-hetero) is 2. The van der Waals surface area contributed by atoms with Crippen molar-refractivity contribution in [3.8, 4) is 0 Å². The molecular weight excluding hydrogens is 448 g/mol. The Morgan fingerprint density at radius 2 is 1.60 bits per heavy atom. The second kappa shape index (κ2) is 9.79. The van der Waals surface area contributed by atoms with Crippen LogP contribution in [-0.2, 0) is 15.9 Å². The molecule has 0 radical (unpaired) electrons. The van der Waals surface area contributed by atoms with Crippen LogP contribution in [0.25, 0.3) is 0 Å². The normalized spacial score (nSPS) is 19.4. The van der Waals surface area contributed by atoms with E-state index in [0.717, 1.165) is 43.5 Å². The number of piperidine rings is 1. The quantitative estimate of drug-likeness (QED) is 0.402. The van der Waals surface area contributed by atoms with Gasteiger partial charge in [0, 0.05) is 42.7 Å². The SMILES string of the molecule is NC1=C(N(CCCc2ccc(N3CCC4(CC3)OCCO4)cc2)[NH2+]O)C(=O)c2ccccc2C1=O. The molecule has 1 aliphatic carbocycles. The number of nitrogens with two attached hydrogens (primary N) is 2. The first-order valence-electron chi connectivity index (χ1n) is 12.1. The molecule has 9 heteroatoms. The maximum Gasteiger partial charge on any atom is 0.217 e. The van der Waals surface area contributed by atoms with Gasteiger partial charge in [0.05, 0.1) is 19.8 Å². The van der Waals surface area contributed by atoms with Crippen LogP contribution < -0.4 is 16.2 Å². The van der Waals surface area contributed by atoms with Crippen LogP contribution in [0, 0.1) is 0 Å². The molecule has 0 atom stereocenters. The number of ether oxygens (including phenoxy) is 2. The average molecular weight is 480 g/mol. The summed E-state index contributed by atoms with van der Waals surface area (Å²) < 4.78 is 11.6. The highest BCUT2D eigenvalue weighted by Crippen LogP contribution is 2.33. The fraction of sp³-hybridized carbons (Fsp3) is 0.385. The lowest BCUT2D eigenvalue weighted by Crippen LogP contribution is -2.91. The summed E-state index contributed by atoms with van der Waals surface area (Å²) in [5.74, 6) is -1.13. The van der Waals surface area contributed by atoms with E-state index >= 15 is 0 Å². The van der Waals surface area contributed by atoms with Crippen molar-refractivity contribution < 1.29 is 29.9 Å². The van der Waals surface area contributed by atoms with E-state index < -0.39 is 5.78 Å². The van der Waals surface area contributed by atoms with Crippen molar-refractivity contribution in [3.05, 3.63) is 76.6 Å². The zero-order valence-corrected chi connectivity index (χ0v) is 19.6. The number of hydrogen-bond donors (Lipinski definition) is 3. The van der Waals surface area contributed by atoms with E-state index in [1.165, 1.54) is 10.7 Å². The summed E-state index contributed by atoms with van der Waals surface area (Å²) in [4.78, 5) is 28.0. The predicted octanol–water partition coefficient (Wildman–Crippen LogP) is 1.38. The summed E-state index contributed by atoms with van der Waals surface area (Å²) in [7, 11) is 0. The van der Waals surface area contributed by atoms with E-state index in [0.29, 0.717) is 37.3 Å². The number of rotatable bonds is 7. The van der Waals surface area contributed by atoms with Crippen LogP contribution in [0.4, 0.5) is 5.69 Å². The Kier molecular flexibility index (Phi) is 6.57. The van der Waals surface area contributed by atoms with Gasteiger partial charge in [-0.15, -0.1) is 5.59 Å². The van der Waals surface area contributed by atoms with Crippen LogP contribution >= 0.6 is 0 Å². The van der Waals surface area contributed by atoms with Gasteiger partial charge in [-0.3, -0.25) is 9.59 Å². The summed E-state index contributed by atoms with van der Waals surface area (Å²) >= 11 is 0. The van der Waals surface area contributed by atoms with Gasteiger partial charge in [0.15, 0.2) is 11.5 Å². The monoisotopic (exact) mass is 479 g/mol. The number of allylic oxidation sites excluding steroid dienone is 2. The Morgan fingerprint density at radius 1 is 0.971 bits per heavy atom. The van der Waals surface area contributed by atoms with Crippen molar-refractivity contribution in [1.29, 1.82) is 0 Å². The fourth-order valence-corrected chi connectivity index (χ4v) is 5.11. The van der Waals surface area contributed by atoms with Crippen LogP contribution in [-0.4, -0.2) is 60.4 Å². The number of quaternary nitrogens is 1. The standard InChI is InChI=1S/C26H30N4O5/c27-22-23(25(32)21-6-2-1-5-20(21)24(22)31)30(28-33)13-3-4-18-7-9-19(10-8-18)29-14-11-26(12-15-29)34-16-17-35-26/h1-2,5-10,28,33H,3-4,11-17,27H2/p+1. The van der Waals surface area contributed by atoms with Crippen LogP contribution in [0.2, 0.25) is 0 Å². The van der Waals surface area contributed by atoms with E-state index in [1.54, 1.807) is 24.3 Å². The molecule has 0 amide bonds. The van der Waals surface area contributed by atoms with Crippen molar-refractivity contribution in [2.24, 2.45) is 5.73 Å². The summed E-state index contributed by atoms with van der Waals surface area (Å²) in [5.41, 5.74) is 9.68. The van der Waals surface area contributed by atoms with E-state index in [-0.39, 0.29) is 23.0 Å². The van der Waals surface area contributed by atoms with E-state index in [1.807, 2.05) is 0 Å².